The van der Waals surface area contributed by atoms with Crippen molar-refractivity contribution in [3.05, 3.63) is 47.3 Å². The standard InChI is InChI=1S/C22H25F3N4O3/c1-21(2,31)14-6-16(7-14)28-10-12-5-18(19(32-3)8-17(12)26)29-20(30)13-4-15(11-27-9-13)22(23,24)25/h4-5,8-11,14,16,31H,6-7,26H2,1-3H3,(H,29,30). The number of benzene rings is 1. The number of aliphatic imine (C=N–C) groups is 1. The van der Waals surface area contributed by atoms with Gasteiger partial charge in [-0.25, -0.2) is 0 Å². The van der Waals surface area contributed by atoms with Gasteiger partial charge in [0.15, 0.2) is 0 Å². The van der Waals surface area contributed by atoms with Crippen LogP contribution in [0, 0.1) is 5.92 Å². The van der Waals surface area contributed by atoms with Crippen molar-refractivity contribution < 1.29 is 27.8 Å². The van der Waals surface area contributed by atoms with Crippen molar-refractivity contribution in [2.24, 2.45) is 10.9 Å². The number of nitrogens with two attached hydrogens (primary N) is 1. The van der Waals surface area contributed by atoms with E-state index in [1.54, 1.807) is 26.1 Å². The number of ether oxygens (including phenoxy) is 1. The number of carbonyl (C=O) groups is 1. The number of nitrogen functional groups attached to an aromatic ring is 1. The third kappa shape index (κ3) is 5.37. The lowest BCUT2D eigenvalue weighted by Gasteiger charge is -2.40. The number of halogens is 3. The summed E-state index contributed by atoms with van der Waals surface area (Å²) in [5, 5.41) is 12.6. The average molecular weight is 450 g/mol. The number of aliphatic hydroxyl groups is 1. The summed E-state index contributed by atoms with van der Waals surface area (Å²) in [6, 6.07) is 3.83. The third-order valence-electron chi connectivity index (χ3n) is 5.52. The van der Waals surface area contributed by atoms with Crippen molar-refractivity contribution in [3.63, 3.8) is 0 Å². The molecule has 0 unspecified atom stereocenters. The van der Waals surface area contributed by atoms with E-state index < -0.39 is 23.2 Å². The zero-order chi connectivity index (χ0) is 23.7. The molecule has 1 fully saturated rings. The maximum absolute atomic E-state index is 12.9. The molecule has 10 heteroatoms. The zero-order valence-electron chi connectivity index (χ0n) is 17.9. The molecule has 1 heterocycles. The molecule has 32 heavy (non-hydrogen) atoms. The molecule has 0 spiro atoms. The number of aromatic nitrogens is 1. The highest BCUT2D eigenvalue weighted by molar-refractivity contribution is 6.06. The van der Waals surface area contributed by atoms with E-state index in [1.165, 1.54) is 13.2 Å². The summed E-state index contributed by atoms with van der Waals surface area (Å²) < 4.78 is 44.0. The van der Waals surface area contributed by atoms with Crippen LogP contribution in [0.3, 0.4) is 0 Å². The van der Waals surface area contributed by atoms with Gasteiger partial charge >= 0.3 is 6.18 Å². The number of hydrogen-bond acceptors (Lipinski definition) is 6. The molecule has 0 saturated heterocycles. The number of nitrogens with zero attached hydrogens (tertiary/aromatic N) is 2. The fourth-order valence-electron chi connectivity index (χ4n) is 3.38. The van der Waals surface area contributed by atoms with Gasteiger partial charge in [-0.2, -0.15) is 13.2 Å². The van der Waals surface area contributed by atoms with Crippen molar-refractivity contribution >= 4 is 23.5 Å². The molecule has 1 aromatic heterocycles. The zero-order valence-corrected chi connectivity index (χ0v) is 17.9. The van der Waals surface area contributed by atoms with E-state index in [1.807, 2.05) is 0 Å². The molecule has 1 aliphatic rings. The average Bonchev–Trinajstić information content (AvgIpc) is 2.67. The Kier molecular flexibility index (Phi) is 6.45. The van der Waals surface area contributed by atoms with Gasteiger partial charge in [0.25, 0.3) is 5.91 Å². The van der Waals surface area contributed by atoms with Crippen LogP contribution in [0.25, 0.3) is 0 Å². The molecule has 1 saturated carbocycles. The summed E-state index contributed by atoms with van der Waals surface area (Å²) in [5.41, 5.74) is 5.16. The van der Waals surface area contributed by atoms with E-state index in [-0.39, 0.29) is 29.0 Å². The number of methoxy groups -OCH3 is 1. The first-order valence-corrected chi connectivity index (χ1v) is 9.95. The van der Waals surface area contributed by atoms with Crippen molar-refractivity contribution in [3.8, 4) is 5.75 Å². The van der Waals surface area contributed by atoms with Crippen LogP contribution < -0.4 is 15.8 Å². The van der Waals surface area contributed by atoms with Gasteiger partial charge in [-0.3, -0.25) is 14.8 Å². The summed E-state index contributed by atoms with van der Waals surface area (Å²) in [6.45, 7) is 3.54. The normalized spacial score (nSPS) is 19.0. The van der Waals surface area contributed by atoms with Crippen LogP contribution in [-0.4, -0.2) is 41.0 Å². The number of hydrogen-bond donors (Lipinski definition) is 3. The third-order valence-corrected chi connectivity index (χ3v) is 5.52. The topological polar surface area (TPSA) is 110 Å². The van der Waals surface area contributed by atoms with Crippen molar-refractivity contribution in [2.75, 3.05) is 18.2 Å². The van der Waals surface area contributed by atoms with Gasteiger partial charge in [-0.05, 0) is 44.7 Å². The molecule has 4 N–H and O–H groups in total. The molecular formula is C22H25F3N4O3. The Morgan fingerprint density at radius 3 is 2.56 bits per heavy atom. The fourth-order valence-corrected chi connectivity index (χ4v) is 3.38. The van der Waals surface area contributed by atoms with E-state index in [4.69, 9.17) is 10.5 Å². The molecule has 2 aromatic rings. The predicted octanol–water partition coefficient (Wildman–Crippen LogP) is 3.91. The molecule has 0 radical (unpaired) electrons. The number of anilines is 2. The van der Waals surface area contributed by atoms with Crippen molar-refractivity contribution in [1.29, 1.82) is 0 Å². The van der Waals surface area contributed by atoms with E-state index in [0.717, 1.165) is 25.1 Å². The Morgan fingerprint density at radius 1 is 1.28 bits per heavy atom. The van der Waals surface area contributed by atoms with Crippen LogP contribution in [0.1, 0.15) is 48.2 Å². The second kappa shape index (κ2) is 8.78. The van der Waals surface area contributed by atoms with Crippen LogP contribution in [0.4, 0.5) is 24.5 Å². The summed E-state index contributed by atoms with van der Waals surface area (Å²) in [4.78, 5) is 20.5. The first kappa shape index (κ1) is 23.5. The van der Waals surface area contributed by atoms with E-state index in [2.05, 4.69) is 15.3 Å². The molecule has 1 aliphatic carbocycles. The Bertz CT molecular complexity index is 1030. The number of rotatable bonds is 6. The Labute approximate surface area is 183 Å². The van der Waals surface area contributed by atoms with E-state index >= 15 is 0 Å². The number of pyridine rings is 1. The highest BCUT2D eigenvalue weighted by Crippen LogP contribution is 2.38. The molecular weight excluding hydrogens is 425 g/mol. The molecule has 7 nitrogen and oxygen atoms in total. The van der Waals surface area contributed by atoms with Gasteiger partial charge in [-0.15, -0.1) is 0 Å². The molecule has 1 aromatic carbocycles. The minimum atomic E-state index is -4.61. The lowest BCUT2D eigenvalue weighted by molar-refractivity contribution is -0.137. The van der Waals surface area contributed by atoms with Crippen molar-refractivity contribution in [2.45, 2.75) is 44.5 Å². The largest absolute Gasteiger partial charge is 0.494 e. The highest BCUT2D eigenvalue weighted by Gasteiger charge is 2.38. The lowest BCUT2D eigenvalue weighted by Crippen LogP contribution is -2.42. The van der Waals surface area contributed by atoms with Crippen LogP contribution in [0.2, 0.25) is 0 Å². The molecule has 0 bridgehead atoms. The Morgan fingerprint density at radius 2 is 1.97 bits per heavy atom. The second-order valence-electron chi connectivity index (χ2n) is 8.35. The second-order valence-corrected chi connectivity index (χ2v) is 8.35. The summed E-state index contributed by atoms with van der Waals surface area (Å²) in [6.07, 6.45) is 0.175. The van der Waals surface area contributed by atoms with Gasteiger partial charge < -0.3 is 20.9 Å². The molecule has 3 rings (SSSR count). The van der Waals surface area contributed by atoms with Gasteiger partial charge in [0.2, 0.25) is 0 Å². The van der Waals surface area contributed by atoms with Crippen molar-refractivity contribution in [1.82, 2.24) is 4.98 Å². The van der Waals surface area contributed by atoms with Crippen LogP contribution >= 0.6 is 0 Å². The molecule has 0 atom stereocenters. The quantitative estimate of drug-likeness (QED) is 0.457. The number of nitrogens with one attached hydrogen (secondary N) is 1. The highest BCUT2D eigenvalue weighted by atomic mass is 19.4. The Balaban J connectivity index is 1.78. The monoisotopic (exact) mass is 450 g/mol. The number of amides is 1. The molecule has 1 amide bonds. The van der Waals surface area contributed by atoms with Crippen LogP contribution in [0.5, 0.6) is 5.75 Å². The predicted molar refractivity (Wildman–Crippen MR) is 115 cm³/mol. The minimum Gasteiger partial charge on any atom is -0.494 e. The van der Waals surface area contributed by atoms with Gasteiger partial charge in [0, 0.05) is 35.9 Å². The van der Waals surface area contributed by atoms with Crippen LogP contribution in [-0.2, 0) is 6.18 Å². The van der Waals surface area contributed by atoms with Gasteiger partial charge in [0.1, 0.15) is 5.75 Å². The SMILES string of the molecule is COc1cc(N)c(C=NC2CC(C(C)(C)O)C2)cc1NC(=O)c1cncc(C(F)(F)F)c1. The van der Waals surface area contributed by atoms with E-state index in [9.17, 15) is 23.1 Å². The summed E-state index contributed by atoms with van der Waals surface area (Å²) >= 11 is 0. The minimum absolute atomic E-state index is 0.0575. The summed E-state index contributed by atoms with van der Waals surface area (Å²) in [7, 11) is 1.38. The number of alkyl halides is 3. The lowest BCUT2D eigenvalue weighted by atomic mass is 9.71. The first-order valence-electron chi connectivity index (χ1n) is 9.95. The van der Waals surface area contributed by atoms with Crippen LogP contribution in [0.15, 0.2) is 35.6 Å². The van der Waals surface area contributed by atoms with E-state index in [0.29, 0.717) is 17.4 Å². The van der Waals surface area contributed by atoms with Gasteiger partial charge in [0.05, 0.1) is 35.6 Å². The number of carbonyl (C=O) groups excluding carboxylic acids is 1. The Hall–Kier alpha value is -3.14. The maximum Gasteiger partial charge on any atom is 0.417 e. The smallest absolute Gasteiger partial charge is 0.417 e. The maximum atomic E-state index is 12.9. The summed E-state index contributed by atoms with van der Waals surface area (Å²) in [5.74, 6) is -0.353. The molecule has 0 aliphatic heterocycles. The molecule has 172 valence electrons. The first-order chi connectivity index (χ1) is 14.9. The fraction of sp³-hybridized carbons (Fsp3) is 0.409. The van der Waals surface area contributed by atoms with Gasteiger partial charge in [-0.1, -0.05) is 0 Å².